The Bertz CT molecular complexity index is 869. The summed E-state index contributed by atoms with van der Waals surface area (Å²) < 4.78 is 10.4. The molecule has 0 N–H and O–H groups in total. The van der Waals surface area contributed by atoms with Crippen molar-refractivity contribution in [1.82, 2.24) is 4.90 Å². The van der Waals surface area contributed by atoms with E-state index in [0.29, 0.717) is 36.7 Å². The highest BCUT2D eigenvalue weighted by Gasteiger charge is 2.19. The number of anilines is 1. The number of rotatable bonds is 7. The van der Waals surface area contributed by atoms with Crippen LogP contribution in [0.4, 0.5) is 5.69 Å². The van der Waals surface area contributed by atoms with E-state index in [0.717, 1.165) is 10.6 Å². The van der Waals surface area contributed by atoms with E-state index in [9.17, 15) is 14.4 Å². The molecule has 0 bridgehead atoms. The van der Waals surface area contributed by atoms with Gasteiger partial charge in [-0.15, -0.1) is 11.3 Å². The molecule has 7 nitrogen and oxygen atoms in total. The number of amides is 1. The van der Waals surface area contributed by atoms with Gasteiger partial charge >= 0.3 is 5.97 Å². The Labute approximate surface area is 173 Å². The molecule has 2 aromatic rings. The molecule has 0 aliphatic carbocycles. The predicted molar refractivity (Wildman–Crippen MR) is 111 cm³/mol. The number of ketones is 1. The Morgan fingerprint density at radius 1 is 1.07 bits per heavy atom. The molecule has 0 radical (unpaired) electrons. The number of esters is 1. The van der Waals surface area contributed by atoms with Crippen LogP contribution in [0.3, 0.4) is 0 Å². The van der Waals surface area contributed by atoms with E-state index < -0.39 is 5.97 Å². The Kier molecular flexibility index (Phi) is 7.00. The van der Waals surface area contributed by atoms with Gasteiger partial charge in [0, 0.05) is 37.7 Å². The monoisotopic (exact) mass is 416 g/mol. The number of thiophene rings is 1. The maximum absolute atomic E-state index is 12.3. The van der Waals surface area contributed by atoms with Gasteiger partial charge < -0.3 is 19.3 Å². The van der Waals surface area contributed by atoms with Crippen molar-refractivity contribution in [3.05, 3.63) is 51.7 Å². The van der Waals surface area contributed by atoms with Crippen molar-refractivity contribution in [3.63, 3.8) is 0 Å². The Morgan fingerprint density at radius 2 is 1.76 bits per heavy atom. The van der Waals surface area contributed by atoms with Crippen molar-refractivity contribution < 1.29 is 23.9 Å². The number of nitrogens with zero attached hydrogens (tertiary/aromatic N) is 2. The lowest BCUT2D eigenvalue weighted by molar-refractivity contribution is -0.134. The van der Waals surface area contributed by atoms with E-state index in [1.807, 2.05) is 31.1 Å². The van der Waals surface area contributed by atoms with Gasteiger partial charge in [-0.05, 0) is 36.4 Å². The quantitative estimate of drug-likeness (QED) is 0.509. The zero-order valence-electron chi connectivity index (χ0n) is 16.6. The van der Waals surface area contributed by atoms with Crippen LogP contribution in [0.25, 0.3) is 0 Å². The summed E-state index contributed by atoms with van der Waals surface area (Å²) in [5.74, 6) is -0.789. The molecule has 2 heterocycles. The van der Waals surface area contributed by atoms with E-state index in [2.05, 4.69) is 0 Å². The molecule has 0 saturated carbocycles. The Morgan fingerprint density at radius 3 is 2.41 bits per heavy atom. The van der Waals surface area contributed by atoms with Gasteiger partial charge in [0.05, 0.1) is 30.1 Å². The smallest absolute Gasteiger partial charge is 0.338 e. The number of ether oxygens (including phenoxy) is 2. The number of hydrogen-bond donors (Lipinski definition) is 0. The molecule has 1 aliphatic rings. The maximum atomic E-state index is 12.3. The zero-order valence-corrected chi connectivity index (χ0v) is 17.4. The van der Waals surface area contributed by atoms with E-state index in [4.69, 9.17) is 9.47 Å². The maximum Gasteiger partial charge on any atom is 0.338 e. The molecule has 1 saturated heterocycles. The van der Waals surface area contributed by atoms with Crippen molar-refractivity contribution in [2.45, 2.75) is 6.42 Å². The highest BCUT2D eigenvalue weighted by atomic mass is 32.1. The first-order valence-electron chi connectivity index (χ1n) is 9.36. The molecule has 0 unspecified atom stereocenters. The van der Waals surface area contributed by atoms with Gasteiger partial charge in [0.15, 0.2) is 6.61 Å². The summed E-state index contributed by atoms with van der Waals surface area (Å²) in [6, 6.07) is 10.4. The molecule has 3 rings (SSSR count). The molecule has 29 heavy (non-hydrogen) atoms. The van der Waals surface area contributed by atoms with Crippen LogP contribution in [0.15, 0.2) is 36.4 Å². The van der Waals surface area contributed by atoms with Gasteiger partial charge in [-0.25, -0.2) is 4.79 Å². The highest BCUT2D eigenvalue weighted by molar-refractivity contribution is 7.14. The number of Topliss-reactive ketones (excluding diaryl/α,β-unsaturated/α-hetero) is 1. The minimum atomic E-state index is -0.539. The average molecular weight is 416 g/mol. The minimum absolute atomic E-state index is 0.0294. The second-order valence-electron chi connectivity index (χ2n) is 6.88. The van der Waals surface area contributed by atoms with Crippen molar-refractivity contribution in [1.29, 1.82) is 0 Å². The molecule has 8 heteroatoms. The van der Waals surface area contributed by atoms with E-state index >= 15 is 0 Å². The fourth-order valence-electron chi connectivity index (χ4n) is 2.88. The van der Waals surface area contributed by atoms with Gasteiger partial charge in [-0.2, -0.15) is 0 Å². The van der Waals surface area contributed by atoms with Crippen LogP contribution in [0.2, 0.25) is 0 Å². The van der Waals surface area contributed by atoms with Gasteiger partial charge in [0.25, 0.3) is 0 Å². The van der Waals surface area contributed by atoms with Crippen molar-refractivity contribution in [2.24, 2.45) is 0 Å². The number of carbonyl (C=O) groups excluding carboxylic acids is 3. The second-order valence-corrected chi connectivity index (χ2v) is 8.04. The Balaban J connectivity index is 1.50. The largest absolute Gasteiger partial charge is 0.454 e. The van der Waals surface area contributed by atoms with E-state index in [1.165, 1.54) is 11.3 Å². The first-order valence-corrected chi connectivity index (χ1v) is 10.2. The third-order valence-corrected chi connectivity index (χ3v) is 5.71. The molecule has 1 fully saturated rings. The number of hydrogen-bond acceptors (Lipinski definition) is 7. The normalized spacial score (nSPS) is 13.8. The van der Waals surface area contributed by atoms with Gasteiger partial charge in [0.2, 0.25) is 11.7 Å². The summed E-state index contributed by atoms with van der Waals surface area (Å²) in [5, 5.41) is 0. The van der Waals surface area contributed by atoms with Crippen LogP contribution >= 0.6 is 11.3 Å². The molecule has 0 spiro atoms. The van der Waals surface area contributed by atoms with Gasteiger partial charge in [0.1, 0.15) is 0 Å². The van der Waals surface area contributed by atoms with Gasteiger partial charge in [-0.3, -0.25) is 9.59 Å². The Hall–Kier alpha value is -2.71. The lowest BCUT2D eigenvalue weighted by atomic mass is 10.2. The first kappa shape index (κ1) is 21.0. The van der Waals surface area contributed by atoms with Crippen molar-refractivity contribution in [3.8, 4) is 0 Å². The summed E-state index contributed by atoms with van der Waals surface area (Å²) in [6.45, 7) is 1.99. The molecule has 1 aromatic carbocycles. The summed E-state index contributed by atoms with van der Waals surface area (Å²) in [4.78, 5) is 41.8. The SMILES string of the molecule is CN(C)c1ccc(C(=O)OCC(=O)c2ccc(CC(=O)N3CCOCC3)s2)cc1. The van der Waals surface area contributed by atoms with Crippen molar-refractivity contribution in [2.75, 3.05) is 51.9 Å². The van der Waals surface area contributed by atoms with Crippen molar-refractivity contribution >= 4 is 34.7 Å². The summed E-state index contributed by atoms with van der Waals surface area (Å²) in [6.07, 6.45) is 0.260. The summed E-state index contributed by atoms with van der Waals surface area (Å²) in [5.41, 5.74) is 1.36. The fourth-order valence-corrected chi connectivity index (χ4v) is 3.80. The molecular formula is C21H24N2O5S. The van der Waals surface area contributed by atoms with Crippen LogP contribution in [0.5, 0.6) is 0 Å². The summed E-state index contributed by atoms with van der Waals surface area (Å²) >= 11 is 1.26. The van der Waals surface area contributed by atoms with E-state index in [1.54, 1.807) is 29.2 Å². The third kappa shape index (κ3) is 5.65. The van der Waals surface area contributed by atoms with Crippen LogP contribution in [0, 0.1) is 0 Å². The summed E-state index contributed by atoms with van der Waals surface area (Å²) in [7, 11) is 3.82. The second kappa shape index (κ2) is 9.67. The molecule has 0 atom stereocenters. The number of benzene rings is 1. The topological polar surface area (TPSA) is 76.2 Å². The highest BCUT2D eigenvalue weighted by Crippen LogP contribution is 2.19. The zero-order chi connectivity index (χ0) is 20.8. The average Bonchev–Trinajstić information content (AvgIpc) is 3.21. The van der Waals surface area contributed by atoms with Crippen LogP contribution in [0.1, 0.15) is 24.9 Å². The molecule has 154 valence electrons. The van der Waals surface area contributed by atoms with Crippen LogP contribution < -0.4 is 4.90 Å². The molecule has 1 aromatic heterocycles. The number of carbonyl (C=O) groups is 3. The fraction of sp³-hybridized carbons (Fsp3) is 0.381. The van der Waals surface area contributed by atoms with Crippen LogP contribution in [-0.4, -0.2) is 69.6 Å². The lowest BCUT2D eigenvalue weighted by Gasteiger charge is -2.26. The molecule has 1 amide bonds. The number of morpholine rings is 1. The predicted octanol–water partition coefficient (Wildman–Crippen LogP) is 2.26. The standard InChI is InChI=1S/C21H24N2O5S/c1-22(2)16-5-3-15(4-6-16)21(26)28-14-18(24)19-8-7-17(29-19)13-20(25)23-9-11-27-12-10-23/h3-8H,9-14H2,1-2H3. The molecular weight excluding hydrogens is 392 g/mol. The third-order valence-electron chi connectivity index (χ3n) is 4.58. The first-order chi connectivity index (χ1) is 13.9. The van der Waals surface area contributed by atoms with Crippen LogP contribution in [-0.2, 0) is 20.7 Å². The lowest BCUT2D eigenvalue weighted by Crippen LogP contribution is -2.41. The van der Waals surface area contributed by atoms with E-state index in [-0.39, 0.29) is 24.7 Å². The molecule has 1 aliphatic heterocycles. The van der Waals surface area contributed by atoms with Gasteiger partial charge in [-0.1, -0.05) is 0 Å². The minimum Gasteiger partial charge on any atom is -0.454 e.